The van der Waals surface area contributed by atoms with E-state index in [4.69, 9.17) is 0 Å². The molecule has 70 valence electrons. The van der Waals surface area contributed by atoms with E-state index < -0.39 is 0 Å². The summed E-state index contributed by atoms with van der Waals surface area (Å²) >= 11 is 0. The molecule has 4 nitrogen and oxygen atoms in total. The molecule has 0 atom stereocenters. The zero-order valence-corrected chi connectivity index (χ0v) is 7.95. The summed E-state index contributed by atoms with van der Waals surface area (Å²) in [7, 11) is 1.90. The molecule has 1 aromatic rings. The summed E-state index contributed by atoms with van der Waals surface area (Å²) in [6, 6.07) is 0. The number of hydrogen-bond acceptors (Lipinski definition) is 3. The van der Waals surface area contributed by atoms with Gasteiger partial charge in [0.15, 0.2) is 5.78 Å². The molecule has 0 N–H and O–H groups in total. The second-order valence-electron chi connectivity index (χ2n) is 3.48. The van der Waals surface area contributed by atoms with Crippen LogP contribution in [-0.2, 0) is 11.8 Å². The molecule has 4 heteroatoms. The van der Waals surface area contributed by atoms with E-state index in [1.54, 1.807) is 4.68 Å². The van der Waals surface area contributed by atoms with Gasteiger partial charge in [0.05, 0.1) is 17.9 Å². The van der Waals surface area contributed by atoms with Crippen LogP contribution in [0.1, 0.15) is 12.1 Å². The van der Waals surface area contributed by atoms with Gasteiger partial charge in [0.2, 0.25) is 0 Å². The van der Waals surface area contributed by atoms with Gasteiger partial charge in [0.25, 0.3) is 0 Å². The van der Waals surface area contributed by atoms with Gasteiger partial charge < -0.3 is 4.90 Å². The largest absolute Gasteiger partial charge is 0.361 e. The number of carbonyl (C=O) groups excluding carboxylic acids is 1. The third-order valence-corrected chi connectivity index (χ3v) is 2.36. The molecule has 2 heterocycles. The molecule has 1 fully saturated rings. The van der Waals surface area contributed by atoms with E-state index in [9.17, 15) is 4.79 Å². The van der Waals surface area contributed by atoms with E-state index in [2.05, 4.69) is 10.00 Å². The summed E-state index contributed by atoms with van der Waals surface area (Å²) in [5, 5.41) is 4.24. The zero-order chi connectivity index (χ0) is 9.42. The van der Waals surface area contributed by atoms with Gasteiger partial charge in [0, 0.05) is 26.2 Å². The summed E-state index contributed by atoms with van der Waals surface area (Å²) < 4.78 is 1.79. The molecule has 0 amide bonds. The number of nitrogens with zero attached hydrogens (tertiary/aromatic N) is 3. The molecule has 0 aromatic carbocycles. The lowest BCUT2D eigenvalue weighted by molar-refractivity contribution is -0.116. The molecular weight excluding hydrogens is 166 g/mol. The molecule has 0 aliphatic carbocycles. The Morgan fingerprint density at radius 1 is 1.54 bits per heavy atom. The van der Waals surface area contributed by atoms with E-state index in [0.29, 0.717) is 18.7 Å². The third kappa shape index (κ3) is 1.43. The minimum atomic E-state index is 0.322. The summed E-state index contributed by atoms with van der Waals surface area (Å²) in [4.78, 5) is 13.2. The fourth-order valence-corrected chi connectivity index (χ4v) is 1.73. The highest BCUT2D eigenvalue weighted by atomic mass is 16.1. The van der Waals surface area contributed by atoms with Gasteiger partial charge in [-0.3, -0.25) is 9.48 Å². The molecule has 1 aliphatic rings. The first-order chi connectivity index (χ1) is 6.16. The topological polar surface area (TPSA) is 38.1 Å². The van der Waals surface area contributed by atoms with Gasteiger partial charge in [-0.25, -0.2) is 0 Å². The lowest BCUT2D eigenvalue weighted by Crippen LogP contribution is -2.19. The number of carbonyl (C=O) groups is 1. The first kappa shape index (κ1) is 8.29. The van der Waals surface area contributed by atoms with Crippen LogP contribution >= 0.6 is 0 Å². The van der Waals surface area contributed by atoms with E-state index >= 15 is 0 Å². The number of rotatable bonds is 1. The summed E-state index contributed by atoms with van der Waals surface area (Å²) in [6.45, 7) is 3.36. The van der Waals surface area contributed by atoms with Crippen molar-refractivity contribution in [2.75, 3.05) is 18.0 Å². The number of Topliss-reactive ketones (excluding diaryl/α,β-unsaturated/α-hetero) is 1. The number of aromatic nitrogens is 2. The standard InChI is InChI=1S/C9H13N3O/c1-7-9(6-11(2)10-7)12-4-3-8(13)5-12/h6H,3-5H2,1-2H3. The molecule has 0 spiro atoms. The van der Waals surface area contributed by atoms with Crippen LogP contribution in [0.2, 0.25) is 0 Å². The highest BCUT2D eigenvalue weighted by Crippen LogP contribution is 2.21. The van der Waals surface area contributed by atoms with Crippen LogP contribution in [0.15, 0.2) is 6.20 Å². The van der Waals surface area contributed by atoms with Crippen molar-refractivity contribution in [2.45, 2.75) is 13.3 Å². The SMILES string of the molecule is Cc1nn(C)cc1N1CCC(=O)C1. The molecule has 1 aromatic heterocycles. The Bertz CT molecular complexity index is 343. The normalized spacial score (nSPS) is 17.1. The first-order valence-corrected chi connectivity index (χ1v) is 4.43. The van der Waals surface area contributed by atoms with Crippen molar-refractivity contribution in [1.82, 2.24) is 9.78 Å². The number of aryl methyl sites for hydroxylation is 2. The van der Waals surface area contributed by atoms with Gasteiger partial charge in [-0.2, -0.15) is 5.10 Å². The van der Waals surface area contributed by atoms with Crippen molar-refractivity contribution >= 4 is 11.5 Å². The summed E-state index contributed by atoms with van der Waals surface area (Å²) in [6.07, 6.45) is 2.64. The van der Waals surface area contributed by atoms with E-state index in [1.807, 2.05) is 20.2 Å². The summed E-state index contributed by atoms with van der Waals surface area (Å²) in [5.41, 5.74) is 2.09. The van der Waals surface area contributed by atoms with Gasteiger partial charge in [0.1, 0.15) is 0 Å². The average Bonchev–Trinajstić information content (AvgIpc) is 2.58. The van der Waals surface area contributed by atoms with Crippen LogP contribution in [0, 0.1) is 6.92 Å². The predicted octanol–water partition coefficient (Wildman–Crippen LogP) is 0.508. The first-order valence-electron chi connectivity index (χ1n) is 4.43. The molecular formula is C9H13N3O. The highest BCUT2D eigenvalue weighted by molar-refractivity contribution is 5.87. The molecule has 1 saturated heterocycles. The van der Waals surface area contributed by atoms with Crippen LogP contribution in [0.4, 0.5) is 5.69 Å². The smallest absolute Gasteiger partial charge is 0.153 e. The summed E-state index contributed by atoms with van der Waals surface area (Å²) in [5.74, 6) is 0.322. The van der Waals surface area contributed by atoms with Crippen LogP contribution in [0.25, 0.3) is 0 Å². The maximum atomic E-state index is 11.1. The lowest BCUT2D eigenvalue weighted by Gasteiger charge is -2.14. The Kier molecular flexibility index (Phi) is 1.83. The average molecular weight is 179 g/mol. The number of hydrogen-bond donors (Lipinski definition) is 0. The van der Waals surface area contributed by atoms with E-state index in [0.717, 1.165) is 17.9 Å². The van der Waals surface area contributed by atoms with Crippen LogP contribution in [-0.4, -0.2) is 28.7 Å². The van der Waals surface area contributed by atoms with Gasteiger partial charge in [-0.1, -0.05) is 0 Å². The Balaban J connectivity index is 2.25. The predicted molar refractivity (Wildman–Crippen MR) is 49.8 cm³/mol. The van der Waals surface area contributed by atoms with Crippen LogP contribution in [0.5, 0.6) is 0 Å². The van der Waals surface area contributed by atoms with Crippen molar-refractivity contribution in [1.29, 1.82) is 0 Å². The maximum Gasteiger partial charge on any atom is 0.153 e. The molecule has 0 unspecified atom stereocenters. The second-order valence-corrected chi connectivity index (χ2v) is 3.48. The molecule has 2 rings (SSSR count). The monoisotopic (exact) mass is 179 g/mol. The Morgan fingerprint density at radius 3 is 2.77 bits per heavy atom. The second kappa shape index (κ2) is 2.87. The Labute approximate surface area is 77.1 Å². The maximum absolute atomic E-state index is 11.1. The minimum Gasteiger partial charge on any atom is -0.361 e. The number of anilines is 1. The Hall–Kier alpha value is -1.32. The van der Waals surface area contributed by atoms with E-state index in [-0.39, 0.29) is 0 Å². The molecule has 0 saturated carbocycles. The quantitative estimate of drug-likeness (QED) is 0.630. The van der Waals surface area contributed by atoms with Crippen molar-refractivity contribution in [3.8, 4) is 0 Å². The lowest BCUT2D eigenvalue weighted by atomic mass is 10.3. The van der Waals surface area contributed by atoms with Crippen molar-refractivity contribution in [3.05, 3.63) is 11.9 Å². The van der Waals surface area contributed by atoms with Gasteiger partial charge in [-0.05, 0) is 6.92 Å². The zero-order valence-electron chi connectivity index (χ0n) is 7.95. The molecule has 0 bridgehead atoms. The van der Waals surface area contributed by atoms with Crippen LogP contribution in [0.3, 0.4) is 0 Å². The van der Waals surface area contributed by atoms with Gasteiger partial charge >= 0.3 is 0 Å². The number of ketones is 1. The van der Waals surface area contributed by atoms with Crippen molar-refractivity contribution in [2.24, 2.45) is 7.05 Å². The van der Waals surface area contributed by atoms with Gasteiger partial charge in [-0.15, -0.1) is 0 Å². The van der Waals surface area contributed by atoms with E-state index in [1.165, 1.54) is 0 Å². The minimum absolute atomic E-state index is 0.322. The third-order valence-electron chi connectivity index (χ3n) is 2.36. The van der Waals surface area contributed by atoms with Crippen LogP contribution < -0.4 is 4.90 Å². The van der Waals surface area contributed by atoms with Crippen molar-refractivity contribution < 1.29 is 4.79 Å². The highest BCUT2D eigenvalue weighted by Gasteiger charge is 2.21. The molecule has 0 radical (unpaired) electrons. The molecule has 13 heavy (non-hydrogen) atoms. The molecule has 1 aliphatic heterocycles. The fraction of sp³-hybridized carbons (Fsp3) is 0.556. The van der Waals surface area contributed by atoms with Crippen molar-refractivity contribution in [3.63, 3.8) is 0 Å². The Morgan fingerprint density at radius 2 is 2.31 bits per heavy atom. The fourth-order valence-electron chi connectivity index (χ4n) is 1.73.